The average Bonchev–Trinajstić information content (AvgIpc) is 3.04. The lowest BCUT2D eigenvalue weighted by Gasteiger charge is -2.26. The number of nitrogens with zero attached hydrogens (tertiary/aromatic N) is 1. The van der Waals surface area contributed by atoms with Crippen LogP contribution in [0, 0.1) is 0 Å². The lowest BCUT2D eigenvalue weighted by molar-refractivity contribution is 0.866. The number of rotatable bonds is 10. The van der Waals surface area contributed by atoms with Crippen LogP contribution in [0.1, 0.15) is 47.6 Å². The highest BCUT2D eigenvalue weighted by atomic mass is 15.1. The Hall–Kier alpha value is -5.14. The Morgan fingerprint density at radius 3 is 1.02 bits per heavy atom. The highest BCUT2D eigenvalue weighted by Crippen LogP contribution is 2.35. The van der Waals surface area contributed by atoms with Crippen molar-refractivity contribution in [2.45, 2.75) is 19.8 Å². The summed E-state index contributed by atoms with van der Waals surface area (Å²) in [6, 6.07) is 47.1. The normalized spacial score (nSPS) is 11.9. The number of hydrogen-bond donors (Lipinski definition) is 0. The maximum Gasteiger partial charge on any atom is 0.0462 e. The second-order valence-electron chi connectivity index (χ2n) is 10.5. The fraction of sp³-hybridized carbons (Fsp3) is 0.0732. The summed E-state index contributed by atoms with van der Waals surface area (Å²) in [5.41, 5.74) is 9.45. The molecular formula is C41H37N. The zero-order valence-electron chi connectivity index (χ0n) is 24.3. The second kappa shape index (κ2) is 14.5. The minimum absolute atomic E-state index is 0.497. The molecule has 0 spiro atoms. The van der Waals surface area contributed by atoms with Gasteiger partial charge in [-0.25, -0.2) is 0 Å². The Kier molecular flexibility index (Phi) is 9.79. The third kappa shape index (κ3) is 7.96. The largest absolute Gasteiger partial charge is 0.311 e. The van der Waals surface area contributed by atoms with Crippen LogP contribution in [0.2, 0.25) is 0 Å². The van der Waals surface area contributed by atoms with Crippen molar-refractivity contribution in [3.8, 4) is 0 Å². The van der Waals surface area contributed by atoms with Crippen molar-refractivity contribution in [1.29, 1.82) is 0 Å². The third-order valence-corrected chi connectivity index (χ3v) is 7.10. The minimum atomic E-state index is 0.497. The fourth-order valence-electron chi connectivity index (χ4n) is 4.72. The van der Waals surface area contributed by atoms with Crippen molar-refractivity contribution in [1.82, 2.24) is 0 Å². The Morgan fingerprint density at radius 1 is 0.381 bits per heavy atom. The van der Waals surface area contributed by atoms with Gasteiger partial charge in [-0.2, -0.15) is 0 Å². The minimum Gasteiger partial charge on any atom is -0.311 e. The van der Waals surface area contributed by atoms with Gasteiger partial charge in [0.25, 0.3) is 0 Å². The van der Waals surface area contributed by atoms with Crippen LogP contribution in [-0.2, 0) is 0 Å². The molecule has 0 amide bonds. The van der Waals surface area contributed by atoms with Gasteiger partial charge in [0.05, 0.1) is 0 Å². The Balaban J connectivity index is 1.35. The molecule has 5 aromatic rings. The van der Waals surface area contributed by atoms with Crippen molar-refractivity contribution in [3.63, 3.8) is 0 Å². The van der Waals surface area contributed by atoms with E-state index < -0.39 is 0 Å². The Labute approximate surface area is 251 Å². The van der Waals surface area contributed by atoms with Gasteiger partial charge in [-0.05, 0) is 70.1 Å². The summed E-state index contributed by atoms with van der Waals surface area (Å²) < 4.78 is 0. The molecule has 0 unspecified atom stereocenters. The molecule has 0 saturated heterocycles. The van der Waals surface area contributed by atoms with Crippen molar-refractivity contribution < 1.29 is 0 Å². The van der Waals surface area contributed by atoms with E-state index in [4.69, 9.17) is 0 Å². The molecule has 206 valence electrons. The first-order valence-electron chi connectivity index (χ1n) is 14.6. The van der Waals surface area contributed by atoms with Crippen molar-refractivity contribution >= 4 is 41.4 Å². The van der Waals surface area contributed by atoms with E-state index >= 15 is 0 Å². The Bertz CT molecular complexity index is 1530. The number of anilines is 3. The molecule has 0 bridgehead atoms. The van der Waals surface area contributed by atoms with Gasteiger partial charge in [0.2, 0.25) is 0 Å². The van der Waals surface area contributed by atoms with Gasteiger partial charge in [0.1, 0.15) is 0 Å². The quantitative estimate of drug-likeness (QED) is 0.158. The molecule has 0 saturated carbocycles. The molecule has 0 aromatic heterocycles. The van der Waals surface area contributed by atoms with E-state index in [1.165, 1.54) is 16.7 Å². The predicted octanol–water partition coefficient (Wildman–Crippen LogP) is 11.7. The summed E-state index contributed by atoms with van der Waals surface area (Å²) >= 11 is 0. The van der Waals surface area contributed by atoms with Gasteiger partial charge in [0.15, 0.2) is 0 Å². The standard InChI is InChI=1S/C41H37N/c1-33(2)38-25-31-41(32-26-38)42(39-27-21-36(22-28-39)19-11-9-17-34-13-5-3-6-14-34)40-29-23-37(24-30-40)20-12-10-18-35-15-7-4-8-16-35/h3-33H,1-2H3. The lowest BCUT2D eigenvalue weighted by atomic mass is 10.0. The smallest absolute Gasteiger partial charge is 0.0462 e. The van der Waals surface area contributed by atoms with Crippen LogP contribution in [0.4, 0.5) is 17.1 Å². The maximum atomic E-state index is 2.32. The topological polar surface area (TPSA) is 3.24 Å². The number of benzene rings is 5. The summed E-state index contributed by atoms with van der Waals surface area (Å²) in [5, 5.41) is 0. The lowest BCUT2D eigenvalue weighted by Crippen LogP contribution is -2.10. The van der Waals surface area contributed by atoms with E-state index in [9.17, 15) is 0 Å². The van der Waals surface area contributed by atoms with Crippen LogP contribution >= 0.6 is 0 Å². The third-order valence-electron chi connectivity index (χ3n) is 7.10. The molecule has 0 fully saturated rings. The van der Waals surface area contributed by atoms with Crippen molar-refractivity contribution in [3.05, 3.63) is 186 Å². The van der Waals surface area contributed by atoms with Crippen molar-refractivity contribution in [2.24, 2.45) is 0 Å². The van der Waals surface area contributed by atoms with Crippen LogP contribution in [0.25, 0.3) is 24.3 Å². The molecule has 0 aliphatic heterocycles. The zero-order valence-corrected chi connectivity index (χ0v) is 24.3. The molecule has 0 aliphatic carbocycles. The van der Waals surface area contributed by atoms with Crippen LogP contribution in [-0.4, -0.2) is 0 Å². The van der Waals surface area contributed by atoms with Crippen molar-refractivity contribution in [2.75, 3.05) is 4.90 Å². The van der Waals surface area contributed by atoms with Gasteiger partial charge in [0, 0.05) is 17.1 Å². The van der Waals surface area contributed by atoms with Crippen LogP contribution < -0.4 is 4.90 Å². The zero-order chi connectivity index (χ0) is 29.0. The fourth-order valence-corrected chi connectivity index (χ4v) is 4.72. The first-order chi connectivity index (χ1) is 20.7. The summed E-state index contributed by atoms with van der Waals surface area (Å²) in [6.45, 7) is 4.46. The van der Waals surface area contributed by atoms with Gasteiger partial charge >= 0.3 is 0 Å². The monoisotopic (exact) mass is 543 g/mol. The first kappa shape index (κ1) is 28.4. The molecule has 1 nitrogen and oxygen atoms in total. The molecule has 0 heterocycles. The molecule has 0 atom stereocenters. The van der Waals surface area contributed by atoms with E-state index in [0.717, 1.165) is 28.2 Å². The summed E-state index contributed by atoms with van der Waals surface area (Å²) in [5.74, 6) is 0.497. The van der Waals surface area contributed by atoms with E-state index in [0.29, 0.717) is 5.92 Å². The summed E-state index contributed by atoms with van der Waals surface area (Å²) in [7, 11) is 0. The summed E-state index contributed by atoms with van der Waals surface area (Å²) in [6.07, 6.45) is 16.9. The summed E-state index contributed by atoms with van der Waals surface area (Å²) in [4.78, 5) is 2.32. The van der Waals surface area contributed by atoms with Gasteiger partial charge < -0.3 is 4.90 Å². The SMILES string of the molecule is CC(C)c1ccc(N(c2ccc(C=CC=Cc3ccccc3)cc2)c2ccc(C=CC=Cc3ccccc3)cc2)cc1. The molecule has 5 aromatic carbocycles. The highest BCUT2D eigenvalue weighted by molar-refractivity contribution is 5.78. The molecule has 42 heavy (non-hydrogen) atoms. The van der Waals surface area contributed by atoms with E-state index in [1.807, 2.05) is 12.1 Å². The van der Waals surface area contributed by atoms with Gasteiger partial charge in [-0.3, -0.25) is 0 Å². The first-order valence-corrected chi connectivity index (χ1v) is 14.6. The van der Waals surface area contributed by atoms with E-state index in [-0.39, 0.29) is 0 Å². The molecule has 0 aliphatic rings. The van der Waals surface area contributed by atoms with E-state index in [1.54, 1.807) is 0 Å². The maximum absolute atomic E-state index is 2.32. The molecule has 0 radical (unpaired) electrons. The van der Waals surface area contributed by atoms with Crippen LogP contribution in [0.3, 0.4) is 0 Å². The number of allylic oxidation sites excluding steroid dienone is 4. The predicted molar refractivity (Wildman–Crippen MR) is 184 cm³/mol. The molecule has 0 N–H and O–H groups in total. The molecule has 1 heteroatoms. The molecular weight excluding hydrogens is 506 g/mol. The second-order valence-corrected chi connectivity index (χ2v) is 10.5. The van der Waals surface area contributed by atoms with Gasteiger partial charge in [-0.1, -0.05) is 160 Å². The molecule has 5 rings (SSSR count). The van der Waals surface area contributed by atoms with Crippen LogP contribution in [0.15, 0.2) is 158 Å². The average molecular weight is 544 g/mol. The van der Waals surface area contributed by atoms with Gasteiger partial charge in [-0.15, -0.1) is 0 Å². The van der Waals surface area contributed by atoms with E-state index in [2.05, 4.69) is 189 Å². The highest BCUT2D eigenvalue weighted by Gasteiger charge is 2.13. The van der Waals surface area contributed by atoms with Crippen LogP contribution in [0.5, 0.6) is 0 Å². The number of hydrogen-bond acceptors (Lipinski definition) is 1. The Morgan fingerprint density at radius 2 is 0.690 bits per heavy atom.